The first-order valence-electron chi connectivity index (χ1n) is 6.15. The van der Waals surface area contributed by atoms with Gasteiger partial charge >= 0.3 is 5.97 Å². The first-order chi connectivity index (χ1) is 8.94. The molecule has 1 saturated heterocycles. The fraction of sp³-hybridized carbons (Fsp3) is 0.538. The molecule has 1 amide bonds. The molecule has 5 nitrogen and oxygen atoms in total. The third-order valence-electron chi connectivity index (χ3n) is 3.36. The van der Waals surface area contributed by atoms with Gasteiger partial charge < -0.3 is 14.8 Å². The maximum absolute atomic E-state index is 12.2. The number of carboxylic acids is 1. The number of aryl methyl sites for hydroxylation is 2. The van der Waals surface area contributed by atoms with E-state index in [0.29, 0.717) is 18.6 Å². The van der Waals surface area contributed by atoms with Gasteiger partial charge in [-0.1, -0.05) is 0 Å². The van der Waals surface area contributed by atoms with Gasteiger partial charge in [0.25, 0.3) is 5.91 Å². The number of furan rings is 1. The molecule has 104 valence electrons. The molecule has 0 aromatic carbocycles. The summed E-state index contributed by atoms with van der Waals surface area (Å²) in [5.41, 5.74) is -0.434. The van der Waals surface area contributed by atoms with Crippen LogP contribution in [-0.2, 0) is 4.79 Å². The van der Waals surface area contributed by atoms with Crippen LogP contribution in [0.4, 0.5) is 0 Å². The van der Waals surface area contributed by atoms with Crippen LogP contribution in [0, 0.1) is 13.8 Å². The van der Waals surface area contributed by atoms with Gasteiger partial charge in [-0.2, -0.15) is 11.8 Å². The Kier molecular flexibility index (Phi) is 3.89. The molecule has 2 heterocycles. The Morgan fingerprint density at radius 2 is 2.00 bits per heavy atom. The van der Waals surface area contributed by atoms with E-state index >= 15 is 0 Å². The standard InChI is InChI=1S/C13H17NO4S/c1-8-7-9(2)18-10(8)11(15)14-13(12(16)17)3-5-19-6-4-13/h7H,3-6H2,1-2H3,(H,14,15)(H,16,17). The number of nitrogens with one attached hydrogen (secondary N) is 1. The molecule has 1 fully saturated rings. The van der Waals surface area contributed by atoms with Crippen LogP contribution < -0.4 is 5.32 Å². The number of rotatable bonds is 3. The second-order valence-corrected chi connectivity index (χ2v) is 6.05. The van der Waals surface area contributed by atoms with E-state index in [2.05, 4.69) is 5.32 Å². The molecule has 0 saturated carbocycles. The summed E-state index contributed by atoms with van der Waals surface area (Å²) in [5.74, 6) is 0.912. The van der Waals surface area contributed by atoms with Crippen molar-refractivity contribution in [2.45, 2.75) is 32.2 Å². The molecular formula is C13H17NO4S. The van der Waals surface area contributed by atoms with Gasteiger partial charge in [0.15, 0.2) is 5.76 Å². The Morgan fingerprint density at radius 3 is 2.47 bits per heavy atom. The summed E-state index contributed by atoms with van der Waals surface area (Å²) in [7, 11) is 0. The third kappa shape index (κ3) is 2.78. The smallest absolute Gasteiger partial charge is 0.329 e. The van der Waals surface area contributed by atoms with Crippen molar-refractivity contribution in [3.05, 3.63) is 23.2 Å². The Morgan fingerprint density at radius 1 is 1.37 bits per heavy atom. The van der Waals surface area contributed by atoms with E-state index < -0.39 is 17.4 Å². The lowest BCUT2D eigenvalue weighted by molar-refractivity contribution is -0.144. The zero-order chi connectivity index (χ0) is 14.0. The summed E-state index contributed by atoms with van der Waals surface area (Å²) in [6.45, 7) is 3.53. The van der Waals surface area contributed by atoms with Crippen molar-refractivity contribution in [3.63, 3.8) is 0 Å². The van der Waals surface area contributed by atoms with Crippen LogP contribution >= 0.6 is 11.8 Å². The maximum atomic E-state index is 12.2. The number of carboxylic acid groups (broad SMARTS) is 1. The Bertz CT molecular complexity index is 503. The van der Waals surface area contributed by atoms with Crippen LogP contribution in [-0.4, -0.2) is 34.0 Å². The van der Waals surface area contributed by atoms with Crippen LogP contribution in [0.5, 0.6) is 0 Å². The lowest BCUT2D eigenvalue weighted by Gasteiger charge is -2.33. The highest BCUT2D eigenvalue weighted by Crippen LogP contribution is 2.28. The average molecular weight is 283 g/mol. The summed E-state index contributed by atoms with van der Waals surface area (Å²) >= 11 is 1.71. The largest absolute Gasteiger partial charge is 0.480 e. The zero-order valence-corrected chi connectivity index (χ0v) is 11.8. The predicted octanol–water partition coefficient (Wildman–Crippen LogP) is 1.98. The quantitative estimate of drug-likeness (QED) is 0.886. The minimum Gasteiger partial charge on any atom is -0.480 e. The van der Waals surface area contributed by atoms with Gasteiger partial charge in [-0.15, -0.1) is 0 Å². The van der Waals surface area contributed by atoms with E-state index in [1.54, 1.807) is 31.7 Å². The fourth-order valence-electron chi connectivity index (χ4n) is 2.25. The molecule has 2 rings (SSSR count). The van der Waals surface area contributed by atoms with Crippen molar-refractivity contribution < 1.29 is 19.1 Å². The fourth-order valence-corrected chi connectivity index (χ4v) is 3.44. The number of aliphatic carboxylic acids is 1. The van der Waals surface area contributed by atoms with E-state index in [1.807, 2.05) is 0 Å². The predicted molar refractivity (Wildman–Crippen MR) is 72.6 cm³/mol. The number of amides is 1. The van der Waals surface area contributed by atoms with Gasteiger partial charge in [0.2, 0.25) is 0 Å². The van der Waals surface area contributed by atoms with Crippen LogP contribution in [0.3, 0.4) is 0 Å². The van der Waals surface area contributed by atoms with E-state index in [4.69, 9.17) is 4.42 Å². The Labute approximate surface area is 115 Å². The molecule has 6 heteroatoms. The van der Waals surface area contributed by atoms with Gasteiger partial charge in [-0.05, 0) is 44.3 Å². The molecule has 1 aromatic rings. The minimum absolute atomic E-state index is 0.205. The highest BCUT2D eigenvalue weighted by atomic mass is 32.2. The number of carbonyl (C=O) groups is 2. The SMILES string of the molecule is Cc1cc(C)c(C(=O)NC2(C(=O)O)CCSCC2)o1. The van der Waals surface area contributed by atoms with Gasteiger partial charge in [-0.3, -0.25) is 4.79 Å². The molecule has 19 heavy (non-hydrogen) atoms. The first kappa shape index (κ1) is 14.0. The Balaban J connectivity index is 2.20. The molecule has 0 bridgehead atoms. The van der Waals surface area contributed by atoms with E-state index in [9.17, 15) is 14.7 Å². The van der Waals surface area contributed by atoms with Gasteiger partial charge in [0.05, 0.1) is 0 Å². The second-order valence-electron chi connectivity index (χ2n) is 4.82. The molecular weight excluding hydrogens is 266 g/mol. The number of carbonyl (C=O) groups excluding carboxylic acids is 1. The summed E-state index contributed by atoms with van der Waals surface area (Å²) in [4.78, 5) is 23.7. The Hall–Kier alpha value is -1.43. The van der Waals surface area contributed by atoms with Crippen LogP contribution in [0.25, 0.3) is 0 Å². The summed E-state index contributed by atoms with van der Waals surface area (Å²) < 4.78 is 5.33. The molecule has 0 atom stereocenters. The third-order valence-corrected chi connectivity index (χ3v) is 4.34. The minimum atomic E-state index is -1.16. The average Bonchev–Trinajstić information content (AvgIpc) is 2.69. The second kappa shape index (κ2) is 5.28. The molecule has 0 aliphatic carbocycles. The topological polar surface area (TPSA) is 79.5 Å². The van der Waals surface area contributed by atoms with Crippen molar-refractivity contribution in [3.8, 4) is 0 Å². The van der Waals surface area contributed by atoms with Gasteiger partial charge in [0.1, 0.15) is 11.3 Å². The van der Waals surface area contributed by atoms with E-state index in [-0.39, 0.29) is 5.76 Å². The molecule has 0 radical (unpaired) electrons. The van der Waals surface area contributed by atoms with Gasteiger partial charge in [-0.25, -0.2) is 4.79 Å². The first-order valence-corrected chi connectivity index (χ1v) is 7.31. The summed E-state index contributed by atoms with van der Waals surface area (Å²) in [5, 5.41) is 12.1. The molecule has 1 aliphatic rings. The highest BCUT2D eigenvalue weighted by molar-refractivity contribution is 7.99. The molecule has 0 spiro atoms. The zero-order valence-electron chi connectivity index (χ0n) is 11.0. The molecule has 1 aromatic heterocycles. The van der Waals surface area contributed by atoms with Crippen molar-refractivity contribution >= 4 is 23.6 Å². The van der Waals surface area contributed by atoms with E-state index in [0.717, 1.165) is 17.1 Å². The maximum Gasteiger partial charge on any atom is 0.329 e. The summed E-state index contributed by atoms with van der Waals surface area (Å²) in [6, 6.07) is 1.76. The number of hydrogen-bond acceptors (Lipinski definition) is 4. The molecule has 2 N–H and O–H groups in total. The summed E-state index contributed by atoms with van der Waals surface area (Å²) in [6.07, 6.45) is 0.884. The highest BCUT2D eigenvalue weighted by Gasteiger charge is 2.42. The number of hydrogen-bond donors (Lipinski definition) is 2. The normalized spacial score (nSPS) is 18.0. The van der Waals surface area contributed by atoms with E-state index in [1.165, 1.54) is 0 Å². The molecule has 1 aliphatic heterocycles. The monoisotopic (exact) mass is 283 g/mol. The van der Waals surface area contributed by atoms with Crippen molar-refractivity contribution in [1.82, 2.24) is 5.32 Å². The van der Waals surface area contributed by atoms with Crippen LogP contribution in [0.1, 0.15) is 34.7 Å². The lowest BCUT2D eigenvalue weighted by atomic mass is 9.92. The van der Waals surface area contributed by atoms with Crippen molar-refractivity contribution in [2.24, 2.45) is 0 Å². The van der Waals surface area contributed by atoms with Crippen LogP contribution in [0.15, 0.2) is 10.5 Å². The lowest BCUT2D eigenvalue weighted by Crippen LogP contribution is -2.56. The van der Waals surface area contributed by atoms with Crippen molar-refractivity contribution in [2.75, 3.05) is 11.5 Å². The van der Waals surface area contributed by atoms with Crippen LogP contribution in [0.2, 0.25) is 0 Å². The number of thioether (sulfide) groups is 1. The van der Waals surface area contributed by atoms with Gasteiger partial charge in [0, 0.05) is 5.56 Å². The molecule has 0 unspecified atom stereocenters. The van der Waals surface area contributed by atoms with Crippen molar-refractivity contribution in [1.29, 1.82) is 0 Å².